The minimum absolute atomic E-state index is 0.126. The largest absolute Gasteiger partial charge is 0.493 e. The van der Waals surface area contributed by atoms with Crippen LogP contribution in [0.4, 0.5) is 13.6 Å². The van der Waals surface area contributed by atoms with E-state index in [0.717, 1.165) is 16.7 Å². The minimum Gasteiger partial charge on any atom is -0.493 e. The molecule has 174 valence electrons. The smallest absolute Gasteiger partial charge is 0.293 e. The van der Waals surface area contributed by atoms with E-state index in [9.17, 15) is 18.4 Å². The van der Waals surface area contributed by atoms with Gasteiger partial charge in [0.25, 0.3) is 11.1 Å². The number of carbonyl (C=O) groups excluding carboxylic acids is 2. The van der Waals surface area contributed by atoms with Crippen molar-refractivity contribution in [3.63, 3.8) is 0 Å². The van der Waals surface area contributed by atoms with Gasteiger partial charge in [0.1, 0.15) is 18.2 Å². The zero-order valence-electron chi connectivity index (χ0n) is 17.9. The minimum atomic E-state index is -0.500. The van der Waals surface area contributed by atoms with Crippen molar-refractivity contribution in [3.05, 3.63) is 98.4 Å². The lowest BCUT2D eigenvalue weighted by Gasteiger charge is -2.14. The molecule has 1 fully saturated rings. The Bertz CT molecular complexity index is 1300. The molecule has 0 N–H and O–H groups in total. The third-order valence-corrected chi connectivity index (χ3v) is 6.48. The van der Waals surface area contributed by atoms with E-state index < -0.39 is 17.0 Å². The Hall–Kier alpha value is -3.17. The number of halogens is 3. The Morgan fingerprint density at radius 1 is 1.06 bits per heavy atom. The Labute approximate surface area is 207 Å². The Kier molecular flexibility index (Phi) is 7.33. The number of thioether (sulfide) groups is 1. The Morgan fingerprint density at radius 2 is 1.85 bits per heavy atom. The van der Waals surface area contributed by atoms with Gasteiger partial charge in [-0.2, -0.15) is 0 Å². The number of ether oxygens (including phenoxy) is 2. The maximum atomic E-state index is 14.0. The van der Waals surface area contributed by atoms with Crippen LogP contribution in [-0.4, -0.2) is 23.2 Å². The second-order valence-corrected chi connectivity index (χ2v) is 9.16. The van der Waals surface area contributed by atoms with E-state index in [2.05, 4.69) is 15.9 Å². The molecule has 0 aliphatic carbocycles. The third-order valence-electron chi connectivity index (χ3n) is 4.98. The average molecular weight is 546 g/mol. The van der Waals surface area contributed by atoms with Crippen molar-refractivity contribution >= 4 is 44.9 Å². The lowest BCUT2D eigenvalue weighted by atomic mass is 10.1. The number of imide groups is 1. The number of hydrogen-bond acceptors (Lipinski definition) is 5. The van der Waals surface area contributed by atoms with E-state index in [4.69, 9.17) is 9.47 Å². The molecule has 3 aromatic rings. The SMILES string of the molecule is COc1cc(/C=C2/SC(=O)N(Cc3ccccc3F)C2=O)cc(Br)c1OCc1cccc(F)c1. The number of benzene rings is 3. The van der Waals surface area contributed by atoms with Gasteiger partial charge in [0.15, 0.2) is 11.5 Å². The zero-order chi connectivity index (χ0) is 24.2. The van der Waals surface area contributed by atoms with Crippen molar-refractivity contribution in [3.8, 4) is 11.5 Å². The van der Waals surface area contributed by atoms with Gasteiger partial charge in [-0.15, -0.1) is 0 Å². The molecule has 1 heterocycles. The van der Waals surface area contributed by atoms with E-state index in [1.807, 2.05) is 0 Å². The number of hydrogen-bond donors (Lipinski definition) is 0. The molecular weight excluding hydrogens is 528 g/mol. The molecular formula is C25H18BrF2NO4S. The van der Waals surface area contributed by atoms with Gasteiger partial charge in [0.05, 0.1) is 23.0 Å². The molecule has 0 unspecified atom stereocenters. The fourth-order valence-electron chi connectivity index (χ4n) is 3.33. The molecule has 1 aliphatic heterocycles. The molecule has 34 heavy (non-hydrogen) atoms. The number of nitrogens with zero attached hydrogens (tertiary/aromatic N) is 1. The van der Waals surface area contributed by atoms with Crippen LogP contribution in [0, 0.1) is 11.6 Å². The molecule has 0 bridgehead atoms. The highest BCUT2D eigenvalue weighted by Gasteiger charge is 2.35. The number of amides is 2. The molecule has 1 saturated heterocycles. The summed E-state index contributed by atoms with van der Waals surface area (Å²) in [6.45, 7) is -0.0183. The van der Waals surface area contributed by atoms with Crippen LogP contribution in [-0.2, 0) is 17.9 Å². The fourth-order valence-corrected chi connectivity index (χ4v) is 4.74. The second-order valence-electron chi connectivity index (χ2n) is 7.31. The van der Waals surface area contributed by atoms with E-state index >= 15 is 0 Å². The maximum absolute atomic E-state index is 14.0. The van der Waals surface area contributed by atoms with Gasteiger partial charge >= 0.3 is 0 Å². The number of carbonyl (C=O) groups is 2. The fraction of sp³-hybridized carbons (Fsp3) is 0.120. The summed E-state index contributed by atoms with van der Waals surface area (Å²) in [6, 6.07) is 15.5. The molecule has 0 aromatic heterocycles. The van der Waals surface area contributed by atoms with Crippen molar-refractivity contribution in [2.75, 3.05) is 7.11 Å². The summed E-state index contributed by atoms with van der Waals surface area (Å²) < 4.78 is 39.2. The van der Waals surface area contributed by atoms with Crippen LogP contribution in [0.1, 0.15) is 16.7 Å². The van der Waals surface area contributed by atoms with Gasteiger partial charge in [-0.05, 0) is 75.2 Å². The van der Waals surface area contributed by atoms with Crippen molar-refractivity contribution in [2.45, 2.75) is 13.2 Å². The molecule has 0 saturated carbocycles. The van der Waals surface area contributed by atoms with Crippen LogP contribution < -0.4 is 9.47 Å². The quantitative estimate of drug-likeness (QED) is 0.315. The molecule has 5 nitrogen and oxygen atoms in total. The predicted molar refractivity (Wildman–Crippen MR) is 129 cm³/mol. The van der Waals surface area contributed by atoms with Gasteiger partial charge in [0, 0.05) is 5.56 Å². The molecule has 1 aliphatic rings. The summed E-state index contributed by atoms with van der Waals surface area (Å²) in [5, 5.41) is -0.472. The average Bonchev–Trinajstić information content (AvgIpc) is 3.06. The third kappa shape index (κ3) is 5.31. The lowest BCUT2D eigenvalue weighted by Crippen LogP contribution is -2.27. The summed E-state index contributed by atoms with van der Waals surface area (Å²) in [7, 11) is 1.48. The van der Waals surface area contributed by atoms with Gasteiger partial charge in [-0.25, -0.2) is 8.78 Å². The van der Waals surface area contributed by atoms with Crippen LogP contribution in [0.25, 0.3) is 6.08 Å². The normalized spacial score (nSPS) is 14.7. The summed E-state index contributed by atoms with van der Waals surface area (Å²) in [5.41, 5.74) is 1.51. The van der Waals surface area contributed by atoms with E-state index in [0.29, 0.717) is 27.1 Å². The highest BCUT2D eigenvalue weighted by Crippen LogP contribution is 2.39. The monoisotopic (exact) mass is 545 g/mol. The molecule has 4 rings (SSSR count). The van der Waals surface area contributed by atoms with Crippen LogP contribution in [0.5, 0.6) is 11.5 Å². The Balaban J connectivity index is 1.54. The lowest BCUT2D eigenvalue weighted by molar-refractivity contribution is -0.123. The maximum Gasteiger partial charge on any atom is 0.293 e. The molecule has 0 radical (unpaired) electrons. The summed E-state index contributed by atoms with van der Waals surface area (Å²) in [5.74, 6) is -0.529. The topological polar surface area (TPSA) is 55.8 Å². The van der Waals surface area contributed by atoms with Crippen molar-refractivity contribution in [1.29, 1.82) is 0 Å². The molecule has 9 heteroatoms. The summed E-state index contributed by atoms with van der Waals surface area (Å²) >= 11 is 4.24. The van der Waals surface area contributed by atoms with Gasteiger partial charge in [0.2, 0.25) is 0 Å². The first-order chi connectivity index (χ1) is 16.4. The second kappa shape index (κ2) is 10.4. The predicted octanol–water partition coefficient (Wildman–Crippen LogP) is 6.55. The molecule has 0 spiro atoms. The zero-order valence-corrected chi connectivity index (χ0v) is 20.3. The highest BCUT2D eigenvalue weighted by molar-refractivity contribution is 9.10. The first-order valence-electron chi connectivity index (χ1n) is 10.1. The molecule has 2 amide bonds. The van der Waals surface area contributed by atoms with Gasteiger partial charge in [-0.1, -0.05) is 30.3 Å². The molecule has 0 atom stereocenters. The number of rotatable bonds is 7. The first-order valence-corrected chi connectivity index (χ1v) is 11.7. The van der Waals surface area contributed by atoms with Crippen LogP contribution >= 0.6 is 27.7 Å². The van der Waals surface area contributed by atoms with Crippen LogP contribution in [0.15, 0.2) is 70.0 Å². The van der Waals surface area contributed by atoms with Crippen LogP contribution in [0.2, 0.25) is 0 Å². The number of methoxy groups -OCH3 is 1. The Morgan fingerprint density at radius 3 is 2.59 bits per heavy atom. The van der Waals surface area contributed by atoms with Crippen LogP contribution in [0.3, 0.4) is 0 Å². The van der Waals surface area contributed by atoms with Gasteiger partial charge < -0.3 is 9.47 Å². The van der Waals surface area contributed by atoms with E-state index in [1.54, 1.807) is 42.5 Å². The van der Waals surface area contributed by atoms with E-state index in [-0.39, 0.29) is 29.4 Å². The van der Waals surface area contributed by atoms with Crippen molar-refractivity contribution in [2.24, 2.45) is 0 Å². The van der Waals surface area contributed by atoms with Crippen molar-refractivity contribution in [1.82, 2.24) is 4.90 Å². The summed E-state index contributed by atoms with van der Waals surface area (Å²) in [4.78, 5) is 26.5. The van der Waals surface area contributed by atoms with Crippen molar-refractivity contribution < 1.29 is 27.8 Å². The highest BCUT2D eigenvalue weighted by atomic mass is 79.9. The van der Waals surface area contributed by atoms with E-state index in [1.165, 1.54) is 31.4 Å². The standard InChI is InChI=1S/C25H18BrF2NO4S/c1-32-21-11-16(10-19(26)23(21)33-14-15-5-4-7-18(27)9-15)12-22-24(30)29(25(31)34-22)13-17-6-2-3-8-20(17)28/h2-12H,13-14H2,1H3/b22-12+. The summed E-state index contributed by atoms with van der Waals surface area (Å²) in [6.07, 6.45) is 1.57. The van der Waals surface area contributed by atoms with Gasteiger partial charge in [-0.3, -0.25) is 14.5 Å². The first kappa shape index (κ1) is 24.0. The molecule has 3 aromatic carbocycles.